The quantitative estimate of drug-likeness (QED) is 0.0620. The summed E-state index contributed by atoms with van der Waals surface area (Å²) in [5, 5.41) is 5.76. The maximum absolute atomic E-state index is 11.9. The first kappa shape index (κ1) is 48.5. The maximum Gasteiger partial charge on any atom is 0.407 e. The first-order chi connectivity index (χ1) is 24.7. The molecular formula is C44H88N2O4. The third-order valence-electron chi connectivity index (χ3n) is 10.1. The van der Waals surface area contributed by atoms with E-state index in [-0.39, 0.29) is 12.2 Å². The van der Waals surface area contributed by atoms with E-state index in [1.807, 2.05) is 0 Å². The van der Waals surface area contributed by atoms with Crippen molar-refractivity contribution in [3.05, 3.63) is 0 Å². The summed E-state index contributed by atoms with van der Waals surface area (Å²) < 4.78 is 10.6. The molecule has 0 radical (unpaired) electrons. The molecule has 0 aliphatic heterocycles. The van der Waals surface area contributed by atoms with Crippen molar-refractivity contribution in [3.63, 3.8) is 0 Å². The average molecular weight is 709 g/mol. The molecule has 50 heavy (non-hydrogen) atoms. The molecule has 0 aromatic heterocycles. The summed E-state index contributed by atoms with van der Waals surface area (Å²) in [7, 11) is 0. The molecule has 6 nitrogen and oxygen atoms in total. The molecule has 298 valence electrons. The third-order valence-corrected chi connectivity index (χ3v) is 10.1. The van der Waals surface area contributed by atoms with Crippen molar-refractivity contribution in [2.75, 3.05) is 26.3 Å². The summed E-state index contributed by atoms with van der Waals surface area (Å²) in [6.45, 7) is 6.88. The number of nitrogens with one attached hydrogen (secondary N) is 2. The number of carbonyl (C=O) groups excluding carboxylic acids is 2. The monoisotopic (exact) mass is 709 g/mol. The van der Waals surface area contributed by atoms with Crippen LogP contribution in [0.5, 0.6) is 0 Å². The minimum absolute atomic E-state index is 0.296. The van der Waals surface area contributed by atoms with Gasteiger partial charge < -0.3 is 20.1 Å². The van der Waals surface area contributed by atoms with Crippen LogP contribution in [0.1, 0.15) is 245 Å². The number of amides is 2. The molecule has 0 spiro atoms. The maximum atomic E-state index is 11.9. The zero-order chi connectivity index (χ0) is 36.3. The van der Waals surface area contributed by atoms with E-state index in [0.717, 1.165) is 38.5 Å². The van der Waals surface area contributed by atoms with Gasteiger partial charge in [0.25, 0.3) is 0 Å². The van der Waals surface area contributed by atoms with Gasteiger partial charge in [0, 0.05) is 13.1 Å². The fourth-order valence-corrected chi connectivity index (χ4v) is 6.72. The second-order valence-electron chi connectivity index (χ2n) is 15.1. The van der Waals surface area contributed by atoms with Gasteiger partial charge in [-0.3, -0.25) is 0 Å². The number of alkyl carbamates (subject to hydrolysis) is 2. The van der Waals surface area contributed by atoms with Crippen LogP contribution in [0.3, 0.4) is 0 Å². The summed E-state index contributed by atoms with van der Waals surface area (Å²) in [4.78, 5) is 23.8. The van der Waals surface area contributed by atoms with Gasteiger partial charge in [-0.25, -0.2) is 9.59 Å². The Morgan fingerprint density at radius 3 is 0.740 bits per heavy atom. The Morgan fingerprint density at radius 1 is 0.300 bits per heavy atom. The van der Waals surface area contributed by atoms with E-state index < -0.39 is 0 Å². The van der Waals surface area contributed by atoms with Crippen LogP contribution >= 0.6 is 0 Å². The van der Waals surface area contributed by atoms with Crippen molar-refractivity contribution in [1.82, 2.24) is 10.6 Å². The standard InChI is InChI=1S/C44H88N2O4/c1-3-5-7-9-11-13-15-17-19-21-23-25-27-29-31-35-39-45-43(47)49-41-37-33-34-38-42-50-44(48)46-40-36-32-30-28-26-24-22-20-18-16-14-12-10-8-6-4-2/h3-42H2,1-2H3,(H,45,47)(H,46,48). The van der Waals surface area contributed by atoms with Crippen LogP contribution in [0.4, 0.5) is 9.59 Å². The van der Waals surface area contributed by atoms with Crippen LogP contribution in [-0.4, -0.2) is 38.5 Å². The van der Waals surface area contributed by atoms with Crippen molar-refractivity contribution < 1.29 is 19.1 Å². The summed E-state index contributed by atoms with van der Waals surface area (Å²) in [6.07, 6.45) is 46.4. The fraction of sp³-hybridized carbons (Fsp3) is 0.955. The van der Waals surface area contributed by atoms with Gasteiger partial charge in [0.2, 0.25) is 0 Å². The predicted octanol–water partition coefficient (Wildman–Crippen LogP) is 14.5. The molecule has 0 fully saturated rings. The lowest BCUT2D eigenvalue weighted by Gasteiger charge is -2.08. The fourth-order valence-electron chi connectivity index (χ4n) is 6.72. The van der Waals surface area contributed by atoms with E-state index in [9.17, 15) is 9.59 Å². The van der Waals surface area contributed by atoms with Crippen LogP contribution in [-0.2, 0) is 9.47 Å². The van der Waals surface area contributed by atoms with Crippen molar-refractivity contribution >= 4 is 12.2 Å². The zero-order valence-corrected chi connectivity index (χ0v) is 33.9. The Balaban J connectivity index is 3.23. The number of unbranched alkanes of at least 4 members (excludes halogenated alkanes) is 33. The minimum atomic E-state index is -0.296. The molecule has 2 N–H and O–H groups in total. The second kappa shape index (κ2) is 43.7. The SMILES string of the molecule is CCCCCCCCCCCCCCCCCCNC(=O)OCCCCCCOC(=O)NCCCCCCCCCCCCCCCCCC. The Labute approximate surface area is 312 Å². The highest BCUT2D eigenvalue weighted by molar-refractivity contribution is 5.67. The van der Waals surface area contributed by atoms with Crippen LogP contribution < -0.4 is 10.6 Å². The first-order valence-electron chi connectivity index (χ1n) is 22.5. The van der Waals surface area contributed by atoms with Gasteiger partial charge in [0.15, 0.2) is 0 Å². The summed E-state index contributed by atoms with van der Waals surface area (Å²) in [6, 6.07) is 0. The average Bonchev–Trinajstić information content (AvgIpc) is 3.12. The summed E-state index contributed by atoms with van der Waals surface area (Å²) >= 11 is 0. The van der Waals surface area contributed by atoms with Gasteiger partial charge in [-0.15, -0.1) is 0 Å². The predicted molar refractivity (Wildman–Crippen MR) is 216 cm³/mol. The summed E-state index contributed by atoms with van der Waals surface area (Å²) in [5.74, 6) is 0. The van der Waals surface area contributed by atoms with Gasteiger partial charge in [-0.1, -0.05) is 206 Å². The Hall–Kier alpha value is -1.46. The van der Waals surface area contributed by atoms with Crippen LogP contribution in [0.15, 0.2) is 0 Å². The van der Waals surface area contributed by atoms with Gasteiger partial charge >= 0.3 is 12.2 Å². The summed E-state index contributed by atoms with van der Waals surface area (Å²) in [5.41, 5.74) is 0. The van der Waals surface area contributed by atoms with E-state index in [4.69, 9.17) is 9.47 Å². The molecule has 6 heteroatoms. The van der Waals surface area contributed by atoms with Gasteiger partial charge in [0.05, 0.1) is 13.2 Å². The zero-order valence-electron chi connectivity index (χ0n) is 33.9. The number of ether oxygens (including phenoxy) is 2. The molecule has 0 aliphatic carbocycles. The van der Waals surface area contributed by atoms with Crippen molar-refractivity contribution in [3.8, 4) is 0 Å². The van der Waals surface area contributed by atoms with Gasteiger partial charge in [0.1, 0.15) is 0 Å². The van der Waals surface area contributed by atoms with Crippen LogP contribution in [0, 0.1) is 0 Å². The highest BCUT2D eigenvalue weighted by Crippen LogP contribution is 2.15. The lowest BCUT2D eigenvalue weighted by molar-refractivity contribution is 0.138. The second-order valence-corrected chi connectivity index (χ2v) is 15.1. The molecule has 0 aromatic carbocycles. The Bertz CT molecular complexity index is 618. The smallest absolute Gasteiger partial charge is 0.407 e. The topological polar surface area (TPSA) is 76.7 Å². The van der Waals surface area contributed by atoms with E-state index in [1.165, 1.54) is 193 Å². The van der Waals surface area contributed by atoms with Crippen molar-refractivity contribution in [2.45, 2.75) is 245 Å². The molecule has 0 saturated heterocycles. The third kappa shape index (κ3) is 42.7. The highest BCUT2D eigenvalue weighted by Gasteiger charge is 2.03. The molecule has 0 unspecified atom stereocenters. The molecule has 0 rings (SSSR count). The largest absolute Gasteiger partial charge is 0.450 e. The Morgan fingerprint density at radius 2 is 0.500 bits per heavy atom. The molecular weight excluding hydrogens is 620 g/mol. The number of hydrogen-bond acceptors (Lipinski definition) is 4. The Kier molecular flexibility index (Phi) is 42.4. The minimum Gasteiger partial charge on any atom is -0.450 e. The highest BCUT2D eigenvalue weighted by atomic mass is 16.6. The normalized spacial score (nSPS) is 11.2. The number of carbonyl (C=O) groups is 2. The molecule has 0 heterocycles. The molecule has 0 saturated carbocycles. The van der Waals surface area contributed by atoms with Gasteiger partial charge in [-0.2, -0.15) is 0 Å². The molecule has 0 bridgehead atoms. The lowest BCUT2D eigenvalue weighted by Crippen LogP contribution is -2.25. The van der Waals surface area contributed by atoms with E-state index in [2.05, 4.69) is 24.5 Å². The van der Waals surface area contributed by atoms with E-state index in [1.54, 1.807) is 0 Å². The molecule has 0 atom stereocenters. The molecule has 0 aromatic rings. The van der Waals surface area contributed by atoms with Crippen LogP contribution in [0.25, 0.3) is 0 Å². The van der Waals surface area contributed by atoms with Crippen LogP contribution in [0.2, 0.25) is 0 Å². The molecule has 0 aliphatic rings. The van der Waals surface area contributed by atoms with Gasteiger partial charge in [-0.05, 0) is 38.5 Å². The van der Waals surface area contributed by atoms with E-state index >= 15 is 0 Å². The lowest BCUT2D eigenvalue weighted by atomic mass is 10.0. The van der Waals surface area contributed by atoms with Crippen molar-refractivity contribution in [1.29, 1.82) is 0 Å². The number of hydrogen-bond donors (Lipinski definition) is 2. The first-order valence-corrected chi connectivity index (χ1v) is 22.5. The van der Waals surface area contributed by atoms with Crippen molar-refractivity contribution in [2.24, 2.45) is 0 Å². The number of rotatable bonds is 41. The molecule has 2 amide bonds. The van der Waals surface area contributed by atoms with E-state index in [0.29, 0.717) is 26.3 Å².